The van der Waals surface area contributed by atoms with Gasteiger partial charge in [-0.1, -0.05) is 12.1 Å². The van der Waals surface area contributed by atoms with Crippen LogP contribution in [-0.4, -0.2) is 14.2 Å². The van der Waals surface area contributed by atoms with Gasteiger partial charge in [-0.25, -0.2) is 8.78 Å². The van der Waals surface area contributed by atoms with Crippen molar-refractivity contribution in [3.8, 4) is 5.75 Å². The van der Waals surface area contributed by atoms with E-state index in [1.807, 2.05) is 6.92 Å². The molecule has 0 bridgehead atoms. The van der Waals surface area contributed by atoms with Gasteiger partial charge in [0.1, 0.15) is 5.75 Å². The van der Waals surface area contributed by atoms with E-state index in [1.165, 1.54) is 13.2 Å². The maximum atomic E-state index is 12.7. The van der Waals surface area contributed by atoms with Crippen LogP contribution in [0.25, 0.3) is 0 Å². The first kappa shape index (κ1) is 11.9. The quantitative estimate of drug-likeness (QED) is 0.833. The summed E-state index contributed by atoms with van der Waals surface area (Å²) in [6.07, 6.45) is -2.51. The Bertz CT molecular complexity index is 328. The van der Waals surface area contributed by atoms with Crippen LogP contribution < -0.4 is 10.1 Å². The summed E-state index contributed by atoms with van der Waals surface area (Å²) in [4.78, 5) is 0. The number of rotatable bonds is 4. The molecule has 1 atom stereocenters. The van der Waals surface area contributed by atoms with Crippen molar-refractivity contribution in [3.63, 3.8) is 0 Å². The Hall–Kier alpha value is -1.16. The maximum absolute atomic E-state index is 12.7. The third-order valence-electron chi connectivity index (χ3n) is 2.41. The average molecular weight is 215 g/mol. The second kappa shape index (κ2) is 5.07. The SMILES string of the molecule is CNC(C)c1cccc(C(F)F)c1OC. The van der Waals surface area contributed by atoms with Crippen LogP contribution in [0.2, 0.25) is 0 Å². The number of benzene rings is 1. The van der Waals surface area contributed by atoms with Gasteiger partial charge in [0, 0.05) is 11.6 Å². The van der Waals surface area contributed by atoms with Crippen LogP contribution in [0.3, 0.4) is 0 Å². The molecule has 0 amide bonds. The molecular formula is C11H15F2NO. The van der Waals surface area contributed by atoms with Gasteiger partial charge >= 0.3 is 0 Å². The smallest absolute Gasteiger partial charge is 0.267 e. The van der Waals surface area contributed by atoms with E-state index in [4.69, 9.17) is 4.74 Å². The van der Waals surface area contributed by atoms with E-state index in [1.54, 1.807) is 19.2 Å². The highest BCUT2D eigenvalue weighted by atomic mass is 19.3. The summed E-state index contributed by atoms with van der Waals surface area (Å²) in [5.74, 6) is 0.273. The molecule has 0 saturated heterocycles. The van der Waals surface area contributed by atoms with Gasteiger partial charge in [-0.3, -0.25) is 0 Å². The van der Waals surface area contributed by atoms with Gasteiger partial charge in [0.25, 0.3) is 6.43 Å². The summed E-state index contributed by atoms with van der Waals surface area (Å²) in [7, 11) is 3.19. The zero-order valence-corrected chi connectivity index (χ0v) is 9.05. The first-order valence-corrected chi connectivity index (χ1v) is 4.74. The standard InChI is InChI=1S/C11H15F2NO/c1-7(14-2)8-5-4-6-9(11(12)13)10(8)15-3/h4-7,11,14H,1-3H3. The van der Waals surface area contributed by atoms with E-state index in [0.717, 1.165) is 5.56 Å². The lowest BCUT2D eigenvalue weighted by atomic mass is 10.0. The Morgan fingerprint density at radius 3 is 2.33 bits per heavy atom. The van der Waals surface area contributed by atoms with Crippen LogP contribution in [0.1, 0.15) is 30.5 Å². The molecule has 0 radical (unpaired) electrons. The molecule has 0 heterocycles. The van der Waals surface area contributed by atoms with Crippen molar-refractivity contribution < 1.29 is 13.5 Å². The van der Waals surface area contributed by atoms with Crippen molar-refractivity contribution in [1.82, 2.24) is 5.32 Å². The monoisotopic (exact) mass is 215 g/mol. The molecule has 1 aromatic rings. The van der Waals surface area contributed by atoms with Crippen LogP contribution >= 0.6 is 0 Å². The van der Waals surface area contributed by atoms with E-state index in [-0.39, 0.29) is 17.4 Å². The van der Waals surface area contributed by atoms with Crippen LogP contribution in [0.15, 0.2) is 18.2 Å². The predicted octanol–water partition coefficient (Wildman–Crippen LogP) is 2.91. The molecule has 84 valence electrons. The molecule has 0 aliphatic carbocycles. The fourth-order valence-electron chi connectivity index (χ4n) is 1.48. The molecule has 15 heavy (non-hydrogen) atoms. The Labute approximate surface area is 88.3 Å². The summed E-state index contributed by atoms with van der Waals surface area (Å²) < 4.78 is 30.4. The molecule has 0 aliphatic heterocycles. The molecule has 0 aliphatic rings. The summed E-state index contributed by atoms with van der Waals surface area (Å²) in [5.41, 5.74) is 0.690. The number of alkyl halides is 2. The van der Waals surface area contributed by atoms with Crippen molar-refractivity contribution in [2.45, 2.75) is 19.4 Å². The number of ether oxygens (including phenoxy) is 1. The number of hydrogen-bond acceptors (Lipinski definition) is 2. The van der Waals surface area contributed by atoms with Gasteiger partial charge in [-0.05, 0) is 20.0 Å². The zero-order chi connectivity index (χ0) is 11.4. The summed E-state index contributed by atoms with van der Waals surface area (Å²) in [6.45, 7) is 1.90. The molecule has 0 spiro atoms. The van der Waals surface area contributed by atoms with Crippen molar-refractivity contribution >= 4 is 0 Å². The molecule has 1 aromatic carbocycles. The van der Waals surface area contributed by atoms with E-state index >= 15 is 0 Å². The van der Waals surface area contributed by atoms with Gasteiger partial charge in [0.05, 0.1) is 12.7 Å². The first-order chi connectivity index (χ1) is 7.11. The molecule has 1 rings (SSSR count). The van der Waals surface area contributed by atoms with E-state index in [0.29, 0.717) is 0 Å². The van der Waals surface area contributed by atoms with Gasteiger partial charge in [0.2, 0.25) is 0 Å². The van der Waals surface area contributed by atoms with Crippen LogP contribution in [0.5, 0.6) is 5.75 Å². The Morgan fingerprint density at radius 2 is 1.87 bits per heavy atom. The highest BCUT2D eigenvalue weighted by Gasteiger charge is 2.18. The fraction of sp³-hybridized carbons (Fsp3) is 0.455. The maximum Gasteiger partial charge on any atom is 0.267 e. The molecule has 1 unspecified atom stereocenters. The number of para-hydroxylation sites is 1. The molecule has 0 fully saturated rings. The van der Waals surface area contributed by atoms with Gasteiger partial charge < -0.3 is 10.1 Å². The lowest BCUT2D eigenvalue weighted by molar-refractivity contribution is 0.146. The molecule has 1 N–H and O–H groups in total. The Morgan fingerprint density at radius 1 is 1.27 bits per heavy atom. The van der Waals surface area contributed by atoms with Gasteiger partial charge in [-0.15, -0.1) is 0 Å². The zero-order valence-electron chi connectivity index (χ0n) is 9.05. The van der Waals surface area contributed by atoms with Crippen LogP contribution in [0.4, 0.5) is 8.78 Å². The predicted molar refractivity (Wildman–Crippen MR) is 55.4 cm³/mol. The fourth-order valence-corrected chi connectivity index (χ4v) is 1.48. The van der Waals surface area contributed by atoms with Crippen LogP contribution in [-0.2, 0) is 0 Å². The number of nitrogens with one attached hydrogen (secondary N) is 1. The summed E-state index contributed by atoms with van der Waals surface area (Å²) in [6, 6.07) is 4.77. The third kappa shape index (κ3) is 2.45. The van der Waals surface area contributed by atoms with E-state index < -0.39 is 6.43 Å². The van der Waals surface area contributed by atoms with Gasteiger partial charge in [0.15, 0.2) is 0 Å². The van der Waals surface area contributed by atoms with E-state index in [2.05, 4.69) is 5.32 Å². The van der Waals surface area contributed by atoms with Crippen molar-refractivity contribution in [2.75, 3.05) is 14.2 Å². The molecule has 0 saturated carbocycles. The third-order valence-corrected chi connectivity index (χ3v) is 2.41. The lowest BCUT2D eigenvalue weighted by Gasteiger charge is -2.17. The largest absolute Gasteiger partial charge is 0.496 e. The molecular weight excluding hydrogens is 200 g/mol. The second-order valence-corrected chi connectivity index (χ2v) is 3.28. The average Bonchev–Trinajstić information content (AvgIpc) is 2.26. The molecule has 4 heteroatoms. The van der Waals surface area contributed by atoms with Gasteiger partial charge in [-0.2, -0.15) is 0 Å². The number of halogens is 2. The van der Waals surface area contributed by atoms with E-state index in [9.17, 15) is 8.78 Å². The lowest BCUT2D eigenvalue weighted by Crippen LogP contribution is -2.14. The normalized spacial score (nSPS) is 12.9. The minimum absolute atomic E-state index is 0.0151. The summed E-state index contributed by atoms with van der Waals surface area (Å²) >= 11 is 0. The minimum atomic E-state index is -2.51. The second-order valence-electron chi connectivity index (χ2n) is 3.28. The first-order valence-electron chi connectivity index (χ1n) is 4.74. The van der Waals surface area contributed by atoms with Crippen molar-refractivity contribution in [1.29, 1.82) is 0 Å². The Balaban J connectivity index is 3.22. The highest BCUT2D eigenvalue weighted by molar-refractivity contribution is 5.43. The highest BCUT2D eigenvalue weighted by Crippen LogP contribution is 2.34. The van der Waals surface area contributed by atoms with Crippen molar-refractivity contribution in [3.05, 3.63) is 29.3 Å². The number of hydrogen-bond donors (Lipinski definition) is 1. The van der Waals surface area contributed by atoms with Crippen molar-refractivity contribution in [2.24, 2.45) is 0 Å². The minimum Gasteiger partial charge on any atom is -0.496 e. The topological polar surface area (TPSA) is 21.3 Å². The van der Waals surface area contributed by atoms with Crippen LogP contribution in [0, 0.1) is 0 Å². The Kier molecular flexibility index (Phi) is 4.03. The number of methoxy groups -OCH3 is 1. The summed E-state index contributed by atoms with van der Waals surface area (Å²) in [5, 5.41) is 3.00. The molecule has 2 nitrogen and oxygen atoms in total. The molecule has 0 aromatic heterocycles.